The largest absolute Gasteiger partial charge is 0.482 e. The van der Waals surface area contributed by atoms with Crippen LogP contribution in [0.1, 0.15) is 19.8 Å². The Morgan fingerprint density at radius 3 is 3.00 bits per heavy atom. The average Bonchev–Trinajstić information content (AvgIpc) is 2.61. The molecule has 2 aliphatic heterocycles. The summed E-state index contributed by atoms with van der Waals surface area (Å²) >= 11 is 0. The minimum atomic E-state index is -3.78. The van der Waals surface area contributed by atoms with Gasteiger partial charge in [0, 0.05) is 13.1 Å². The van der Waals surface area contributed by atoms with Crippen molar-refractivity contribution in [2.24, 2.45) is 5.92 Å². The van der Waals surface area contributed by atoms with Gasteiger partial charge in [-0.1, -0.05) is 0 Å². The number of ether oxygens (including phenoxy) is 2. The number of nitrogens with zero attached hydrogens (tertiary/aromatic N) is 1. The van der Waals surface area contributed by atoms with Gasteiger partial charge in [0.1, 0.15) is 5.75 Å². The van der Waals surface area contributed by atoms with Gasteiger partial charge in [-0.2, -0.15) is 4.31 Å². The van der Waals surface area contributed by atoms with Crippen LogP contribution in [0.25, 0.3) is 0 Å². The van der Waals surface area contributed by atoms with Gasteiger partial charge in [-0.25, -0.2) is 8.42 Å². The Labute approximate surface area is 146 Å². The lowest BCUT2D eigenvalue weighted by Gasteiger charge is -2.31. The Hall–Kier alpha value is -2.13. The predicted molar refractivity (Wildman–Crippen MR) is 88.7 cm³/mol. The second-order valence-corrected chi connectivity index (χ2v) is 7.89. The normalized spacial score (nSPS) is 21.0. The van der Waals surface area contributed by atoms with Crippen LogP contribution in [0.2, 0.25) is 0 Å². The van der Waals surface area contributed by atoms with E-state index in [9.17, 15) is 18.0 Å². The van der Waals surface area contributed by atoms with E-state index in [0.29, 0.717) is 30.8 Å². The lowest BCUT2D eigenvalue weighted by Crippen LogP contribution is -2.42. The van der Waals surface area contributed by atoms with Crippen molar-refractivity contribution < 1.29 is 27.5 Å². The molecular formula is C16H20N2O6S. The van der Waals surface area contributed by atoms with E-state index in [1.54, 1.807) is 6.92 Å². The molecule has 0 spiro atoms. The van der Waals surface area contributed by atoms with Gasteiger partial charge < -0.3 is 14.8 Å². The number of anilines is 1. The molecule has 1 aromatic carbocycles. The predicted octanol–water partition coefficient (Wildman–Crippen LogP) is 0.981. The lowest BCUT2D eigenvalue weighted by molar-refractivity contribution is -0.149. The molecule has 0 radical (unpaired) electrons. The molecule has 1 N–H and O–H groups in total. The van der Waals surface area contributed by atoms with E-state index in [1.807, 2.05) is 0 Å². The molecule has 1 saturated heterocycles. The SMILES string of the molecule is CCOC(=O)[C@H]1CCCN(S(=O)(=O)c2ccc3c(c2)NC(=O)CO3)C1. The molecule has 0 unspecified atom stereocenters. The highest BCUT2D eigenvalue weighted by molar-refractivity contribution is 7.89. The van der Waals surface area contributed by atoms with Crippen LogP contribution in [0.5, 0.6) is 5.75 Å². The van der Waals surface area contributed by atoms with E-state index >= 15 is 0 Å². The van der Waals surface area contributed by atoms with Crippen molar-refractivity contribution in [1.29, 1.82) is 0 Å². The summed E-state index contributed by atoms with van der Waals surface area (Å²) < 4.78 is 37.4. The molecule has 8 nitrogen and oxygen atoms in total. The first kappa shape index (κ1) is 17.7. The van der Waals surface area contributed by atoms with Crippen LogP contribution in [0.4, 0.5) is 5.69 Å². The summed E-state index contributed by atoms with van der Waals surface area (Å²) in [6, 6.07) is 4.35. The maximum Gasteiger partial charge on any atom is 0.310 e. The maximum atomic E-state index is 12.9. The summed E-state index contributed by atoms with van der Waals surface area (Å²) in [5.74, 6) is -0.721. The highest BCUT2D eigenvalue weighted by atomic mass is 32.2. The molecule has 2 heterocycles. The molecule has 25 heavy (non-hydrogen) atoms. The van der Waals surface area contributed by atoms with Gasteiger partial charge in [0.25, 0.3) is 5.91 Å². The van der Waals surface area contributed by atoms with Crippen molar-refractivity contribution in [1.82, 2.24) is 4.31 Å². The fourth-order valence-electron chi connectivity index (χ4n) is 2.98. The minimum absolute atomic E-state index is 0.0570. The van der Waals surface area contributed by atoms with Crippen molar-refractivity contribution >= 4 is 27.6 Å². The topological polar surface area (TPSA) is 102 Å². The fraction of sp³-hybridized carbons (Fsp3) is 0.500. The third-order valence-electron chi connectivity index (χ3n) is 4.23. The number of rotatable bonds is 4. The van der Waals surface area contributed by atoms with E-state index in [2.05, 4.69) is 5.32 Å². The van der Waals surface area contributed by atoms with Crippen LogP contribution in [-0.2, 0) is 24.3 Å². The van der Waals surface area contributed by atoms with Crippen LogP contribution in [0, 0.1) is 5.92 Å². The van der Waals surface area contributed by atoms with Crippen molar-refractivity contribution in [3.8, 4) is 5.75 Å². The van der Waals surface area contributed by atoms with Gasteiger partial charge in [0.15, 0.2) is 6.61 Å². The molecule has 0 saturated carbocycles. The number of hydrogen-bond donors (Lipinski definition) is 1. The number of carbonyl (C=O) groups excluding carboxylic acids is 2. The number of amides is 1. The fourth-order valence-corrected chi connectivity index (χ4v) is 4.54. The van der Waals surface area contributed by atoms with Crippen LogP contribution in [-0.4, -0.2) is 50.9 Å². The number of fused-ring (bicyclic) bond motifs is 1. The van der Waals surface area contributed by atoms with Crippen LogP contribution in [0.3, 0.4) is 0 Å². The van der Waals surface area contributed by atoms with Crippen LogP contribution >= 0.6 is 0 Å². The highest BCUT2D eigenvalue weighted by Gasteiger charge is 2.34. The second-order valence-electron chi connectivity index (χ2n) is 5.95. The van der Waals surface area contributed by atoms with Crippen LogP contribution < -0.4 is 10.1 Å². The minimum Gasteiger partial charge on any atom is -0.482 e. The first-order valence-electron chi connectivity index (χ1n) is 8.15. The van der Waals surface area contributed by atoms with E-state index in [0.717, 1.165) is 0 Å². The van der Waals surface area contributed by atoms with Crippen molar-refractivity contribution in [3.05, 3.63) is 18.2 Å². The first-order valence-corrected chi connectivity index (χ1v) is 9.59. The molecule has 3 rings (SSSR count). The molecule has 1 fully saturated rings. The Kier molecular flexibility index (Phi) is 4.96. The van der Waals surface area contributed by atoms with Crippen molar-refractivity contribution in [2.75, 3.05) is 31.6 Å². The van der Waals surface area contributed by atoms with Gasteiger partial charge in [0.05, 0.1) is 23.1 Å². The Morgan fingerprint density at radius 2 is 2.24 bits per heavy atom. The molecule has 0 bridgehead atoms. The molecular weight excluding hydrogens is 348 g/mol. The summed E-state index contributed by atoms with van der Waals surface area (Å²) in [4.78, 5) is 23.4. The molecule has 0 aromatic heterocycles. The standard InChI is InChI=1S/C16H20N2O6S/c1-2-23-16(20)11-4-3-7-18(9-11)25(21,22)12-5-6-14-13(8-12)17-15(19)10-24-14/h5-6,8,11H,2-4,7,9-10H2,1H3,(H,17,19)/t11-/m0/s1. The first-order chi connectivity index (χ1) is 11.9. The van der Waals surface area contributed by atoms with Crippen LogP contribution in [0.15, 0.2) is 23.1 Å². The third kappa shape index (κ3) is 3.62. The quantitative estimate of drug-likeness (QED) is 0.795. The second kappa shape index (κ2) is 7.01. The maximum absolute atomic E-state index is 12.9. The molecule has 9 heteroatoms. The van der Waals surface area contributed by atoms with E-state index < -0.39 is 15.9 Å². The monoisotopic (exact) mass is 368 g/mol. The van der Waals surface area contributed by atoms with Gasteiger partial charge in [-0.05, 0) is 38.0 Å². The summed E-state index contributed by atoms with van der Waals surface area (Å²) in [5.41, 5.74) is 0.330. The number of sulfonamides is 1. The van der Waals surface area contributed by atoms with E-state index in [1.165, 1.54) is 22.5 Å². The lowest BCUT2D eigenvalue weighted by atomic mass is 10.0. The molecule has 2 aliphatic rings. The summed E-state index contributed by atoms with van der Waals surface area (Å²) in [6.45, 7) is 2.34. The Balaban J connectivity index is 1.82. The number of nitrogens with one attached hydrogen (secondary N) is 1. The molecule has 0 aliphatic carbocycles. The molecule has 136 valence electrons. The Morgan fingerprint density at radius 1 is 1.44 bits per heavy atom. The summed E-state index contributed by atoms with van der Waals surface area (Å²) in [7, 11) is -3.78. The third-order valence-corrected chi connectivity index (χ3v) is 6.09. The molecule has 1 amide bonds. The smallest absolute Gasteiger partial charge is 0.310 e. The average molecular weight is 368 g/mol. The zero-order valence-corrected chi connectivity index (χ0v) is 14.7. The summed E-state index contributed by atoms with van der Waals surface area (Å²) in [5, 5.41) is 2.60. The van der Waals surface area contributed by atoms with Crippen molar-refractivity contribution in [3.63, 3.8) is 0 Å². The zero-order valence-electron chi connectivity index (χ0n) is 13.9. The van der Waals surface area contributed by atoms with Gasteiger partial charge in [-0.15, -0.1) is 0 Å². The zero-order chi connectivity index (χ0) is 18.0. The number of benzene rings is 1. The number of esters is 1. The van der Waals surface area contributed by atoms with Gasteiger partial charge >= 0.3 is 5.97 Å². The van der Waals surface area contributed by atoms with E-state index in [4.69, 9.17) is 9.47 Å². The Bertz CT molecular complexity index is 792. The van der Waals surface area contributed by atoms with Crippen molar-refractivity contribution in [2.45, 2.75) is 24.7 Å². The highest BCUT2D eigenvalue weighted by Crippen LogP contribution is 2.32. The summed E-state index contributed by atoms with van der Waals surface area (Å²) in [6.07, 6.45) is 1.20. The van der Waals surface area contributed by atoms with Gasteiger partial charge in [0.2, 0.25) is 10.0 Å². The van der Waals surface area contributed by atoms with E-state index in [-0.39, 0.29) is 36.5 Å². The number of hydrogen-bond acceptors (Lipinski definition) is 6. The number of piperidine rings is 1. The molecule has 1 atom stereocenters. The molecule has 1 aromatic rings. The number of carbonyl (C=O) groups is 2. The van der Waals surface area contributed by atoms with Gasteiger partial charge in [-0.3, -0.25) is 9.59 Å².